The summed E-state index contributed by atoms with van der Waals surface area (Å²) in [4.78, 5) is 16.8. The minimum atomic E-state index is -0.553. The molecule has 0 saturated carbocycles. The fourth-order valence-electron chi connectivity index (χ4n) is 3.18. The number of carbonyl (C=O) groups excluding carboxylic acids is 1. The molecule has 1 heterocycles. The Balaban J connectivity index is 1.62. The molecule has 3 aromatic rings. The maximum atomic E-state index is 12.4. The van der Waals surface area contributed by atoms with Crippen LogP contribution in [0.5, 0.6) is 11.5 Å². The molecular weight excluding hydrogens is 612 g/mol. The van der Waals surface area contributed by atoms with Crippen molar-refractivity contribution in [2.24, 2.45) is 4.99 Å². The lowest BCUT2D eigenvalue weighted by Gasteiger charge is -2.15. The van der Waals surface area contributed by atoms with Crippen molar-refractivity contribution in [1.82, 2.24) is 0 Å². The molecule has 0 amide bonds. The van der Waals surface area contributed by atoms with E-state index in [1.807, 2.05) is 19.1 Å². The van der Waals surface area contributed by atoms with Crippen LogP contribution in [-0.2, 0) is 16.1 Å². The van der Waals surface area contributed by atoms with Crippen LogP contribution in [0.25, 0.3) is 6.08 Å². The molecule has 0 saturated heterocycles. The van der Waals surface area contributed by atoms with Crippen LogP contribution in [0.15, 0.2) is 65.3 Å². The van der Waals surface area contributed by atoms with Gasteiger partial charge in [-0.2, -0.15) is 0 Å². The molecule has 0 spiro atoms. The summed E-state index contributed by atoms with van der Waals surface area (Å²) in [5, 5.41) is 1.40. The normalized spacial score (nSPS) is 14.2. The summed E-state index contributed by atoms with van der Waals surface area (Å²) in [6, 6.07) is 16.0. The van der Waals surface area contributed by atoms with Crippen molar-refractivity contribution < 1.29 is 19.0 Å². The third-order valence-corrected chi connectivity index (χ3v) is 6.60. The van der Waals surface area contributed by atoms with Gasteiger partial charge in [0.1, 0.15) is 6.61 Å². The molecule has 1 aliphatic rings. The van der Waals surface area contributed by atoms with E-state index >= 15 is 0 Å². The number of hydrogen-bond acceptors (Lipinski definition) is 5. The van der Waals surface area contributed by atoms with E-state index < -0.39 is 5.97 Å². The molecule has 0 aliphatic carbocycles. The van der Waals surface area contributed by atoms with Gasteiger partial charge in [0, 0.05) is 0 Å². The van der Waals surface area contributed by atoms with Crippen molar-refractivity contribution in [3.63, 3.8) is 0 Å². The number of benzene rings is 3. The molecule has 0 N–H and O–H groups in total. The SMILES string of the molecule is CCOc1cc(/C=C2\N=C(c3ccccc3Cl)OC2=O)cc(I)c1OCc1ccc(Cl)c(Cl)c1. The summed E-state index contributed by atoms with van der Waals surface area (Å²) in [7, 11) is 0. The minimum absolute atomic E-state index is 0.164. The van der Waals surface area contributed by atoms with Gasteiger partial charge in [0.15, 0.2) is 17.2 Å². The summed E-state index contributed by atoms with van der Waals surface area (Å²) in [6.07, 6.45) is 1.64. The number of cyclic esters (lactones) is 1. The Morgan fingerprint density at radius 3 is 2.53 bits per heavy atom. The first-order chi connectivity index (χ1) is 16.4. The first-order valence-corrected chi connectivity index (χ1v) is 12.4. The van der Waals surface area contributed by atoms with Crippen molar-refractivity contribution in [1.29, 1.82) is 0 Å². The Kier molecular flexibility index (Phi) is 8.03. The number of aliphatic imine (C=N–C) groups is 1. The summed E-state index contributed by atoms with van der Waals surface area (Å²) < 4.78 is 18.0. The lowest BCUT2D eigenvalue weighted by Crippen LogP contribution is -2.05. The number of rotatable bonds is 7. The van der Waals surface area contributed by atoms with Gasteiger partial charge in [-0.3, -0.25) is 0 Å². The number of hydrogen-bond donors (Lipinski definition) is 0. The first-order valence-electron chi connectivity index (χ1n) is 10.2. The number of ether oxygens (including phenoxy) is 3. The van der Waals surface area contributed by atoms with E-state index in [9.17, 15) is 4.79 Å². The van der Waals surface area contributed by atoms with E-state index in [1.165, 1.54) is 0 Å². The third kappa shape index (κ3) is 5.68. The van der Waals surface area contributed by atoms with Crippen LogP contribution in [0.1, 0.15) is 23.6 Å². The largest absolute Gasteiger partial charge is 0.490 e. The van der Waals surface area contributed by atoms with Crippen molar-refractivity contribution in [2.45, 2.75) is 13.5 Å². The predicted molar refractivity (Wildman–Crippen MR) is 143 cm³/mol. The zero-order chi connectivity index (χ0) is 24.2. The Hall–Kier alpha value is -2.26. The molecule has 0 bridgehead atoms. The van der Waals surface area contributed by atoms with Gasteiger partial charge in [-0.1, -0.05) is 53.0 Å². The minimum Gasteiger partial charge on any atom is -0.490 e. The van der Waals surface area contributed by atoms with Gasteiger partial charge in [-0.05, 0) is 83.1 Å². The second-order valence-corrected chi connectivity index (χ2v) is 9.50. The van der Waals surface area contributed by atoms with Gasteiger partial charge in [-0.25, -0.2) is 9.79 Å². The molecule has 0 fully saturated rings. The van der Waals surface area contributed by atoms with Gasteiger partial charge < -0.3 is 14.2 Å². The van der Waals surface area contributed by atoms with Gasteiger partial charge in [0.05, 0.1) is 30.8 Å². The zero-order valence-corrected chi connectivity index (χ0v) is 22.2. The summed E-state index contributed by atoms with van der Waals surface area (Å²) in [5.74, 6) is 0.749. The first kappa shape index (κ1) is 24.9. The van der Waals surface area contributed by atoms with Crippen LogP contribution in [0.3, 0.4) is 0 Å². The van der Waals surface area contributed by atoms with Gasteiger partial charge in [0.2, 0.25) is 5.90 Å². The summed E-state index contributed by atoms with van der Waals surface area (Å²) in [5.41, 5.74) is 2.30. The molecule has 0 aromatic heterocycles. The van der Waals surface area contributed by atoms with Crippen LogP contribution in [0, 0.1) is 3.57 Å². The highest BCUT2D eigenvalue weighted by Gasteiger charge is 2.26. The quantitative estimate of drug-likeness (QED) is 0.154. The zero-order valence-electron chi connectivity index (χ0n) is 17.8. The van der Waals surface area contributed by atoms with Gasteiger partial charge >= 0.3 is 5.97 Å². The van der Waals surface area contributed by atoms with Crippen molar-refractivity contribution in [3.05, 3.63) is 95.6 Å². The predicted octanol–water partition coefficient (Wildman–Crippen LogP) is 7.57. The number of carbonyl (C=O) groups is 1. The standard InChI is InChI=1S/C25H17Cl3INO4/c1-2-32-22-12-15(10-20(29)23(22)33-13-14-7-8-18(27)19(28)9-14)11-21-25(31)34-24(30-21)16-5-3-4-6-17(16)26/h3-12H,2,13H2,1H3/b21-11-. The molecule has 3 aromatic carbocycles. The van der Waals surface area contributed by atoms with Crippen LogP contribution in [-0.4, -0.2) is 18.5 Å². The molecule has 5 nitrogen and oxygen atoms in total. The maximum Gasteiger partial charge on any atom is 0.363 e. The second-order valence-electron chi connectivity index (χ2n) is 7.12. The molecule has 0 atom stereocenters. The molecule has 0 unspecified atom stereocenters. The molecule has 1 aliphatic heterocycles. The average Bonchev–Trinajstić information content (AvgIpc) is 3.16. The highest BCUT2D eigenvalue weighted by molar-refractivity contribution is 14.1. The van der Waals surface area contributed by atoms with Crippen molar-refractivity contribution in [3.8, 4) is 11.5 Å². The highest BCUT2D eigenvalue weighted by Crippen LogP contribution is 2.36. The average molecular weight is 629 g/mol. The lowest BCUT2D eigenvalue weighted by molar-refractivity contribution is -0.129. The maximum absolute atomic E-state index is 12.4. The summed E-state index contributed by atoms with van der Waals surface area (Å²) in [6.45, 7) is 2.61. The van der Waals surface area contributed by atoms with Crippen LogP contribution < -0.4 is 9.47 Å². The van der Waals surface area contributed by atoms with Crippen molar-refractivity contribution in [2.75, 3.05) is 6.61 Å². The second kappa shape index (κ2) is 11.0. The van der Waals surface area contributed by atoms with E-state index in [1.54, 1.807) is 48.5 Å². The Labute approximate surface area is 225 Å². The lowest BCUT2D eigenvalue weighted by atomic mass is 10.1. The van der Waals surface area contributed by atoms with Gasteiger partial charge in [0.25, 0.3) is 0 Å². The van der Waals surface area contributed by atoms with Crippen LogP contribution in [0.4, 0.5) is 0 Å². The third-order valence-electron chi connectivity index (χ3n) is 4.73. The number of esters is 1. The topological polar surface area (TPSA) is 57.1 Å². The van der Waals surface area contributed by atoms with E-state index in [-0.39, 0.29) is 18.2 Å². The molecule has 34 heavy (non-hydrogen) atoms. The molecular formula is C25H17Cl3INO4. The highest BCUT2D eigenvalue weighted by atomic mass is 127. The monoisotopic (exact) mass is 627 g/mol. The van der Waals surface area contributed by atoms with E-state index in [0.717, 1.165) is 9.13 Å². The van der Waals surface area contributed by atoms with E-state index in [0.29, 0.717) is 44.3 Å². The molecule has 0 radical (unpaired) electrons. The molecule has 4 rings (SSSR count). The smallest absolute Gasteiger partial charge is 0.363 e. The Morgan fingerprint density at radius 1 is 1.00 bits per heavy atom. The number of nitrogens with zero attached hydrogens (tertiary/aromatic N) is 1. The van der Waals surface area contributed by atoms with Crippen LogP contribution in [0.2, 0.25) is 15.1 Å². The van der Waals surface area contributed by atoms with Crippen LogP contribution >= 0.6 is 57.4 Å². The Morgan fingerprint density at radius 2 is 1.79 bits per heavy atom. The summed E-state index contributed by atoms with van der Waals surface area (Å²) >= 11 is 20.5. The fraction of sp³-hybridized carbons (Fsp3) is 0.120. The van der Waals surface area contributed by atoms with Gasteiger partial charge in [-0.15, -0.1) is 0 Å². The number of halogens is 4. The fourth-order valence-corrected chi connectivity index (χ4v) is 4.49. The van der Waals surface area contributed by atoms with E-state index in [2.05, 4.69) is 27.6 Å². The van der Waals surface area contributed by atoms with E-state index in [4.69, 9.17) is 49.0 Å². The molecule has 174 valence electrons. The molecule has 9 heteroatoms. The van der Waals surface area contributed by atoms with Crippen molar-refractivity contribution >= 4 is 75.3 Å². The Bertz CT molecular complexity index is 1320.